The minimum absolute atomic E-state index is 0.0491. The van der Waals surface area contributed by atoms with Crippen LogP contribution in [0.2, 0.25) is 5.02 Å². The van der Waals surface area contributed by atoms with E-state index in [2.05, 4.69) is 10.1 Å². The maximum atomic E-state index is 11.1. The van der Waals surface area contributed by atoms with Crippen LogP contribution in [0.1, 0.15) is 32.6 Å². The lowest BCUT2D eigenvalue weighted by atomic mass is 9.87. The molecule has 1 unspecified atom stereocenters. The van der Waals surface area contributed by atoms with Crippen LogP contribution in [0, 0.1) is 15.5 Å². The van der Waals surface area contributed by atoms with E-state index in [-0.39, 0.29) is 27.6 Å². The summed E-state index contributed by atoms with van der Waals surface area (Å²) in [4.78, 5) is 14.7. The fraction of sp³-hybridized carbons (Fsp3) is 0.385. The summed E-state index contributed by atoms with van der Waals surface area (Å²) in [5.41, 5.74) is 5.81. The van der Waals surface area contributed by atoms with Gasteiger partial charge in [0.2, 0.25) is 0 Å². The van der Waals surface area contributed by atoms with Crippen LogP contribution in [0.4, 0.5) is 5.69 Å². The molecule has 1 aromatic carbocycles. The van der Waals surface area contributed by atoms with E-state index in [4.69, 9.17) is 21.9 Å². The average molecular weight is 311 g/mol. The van der Waals surface area contributed by atoms with Gasteiger partial charge in [-0.05, 0) is 17.5 Å². The summed E-state index contributed by atoms with van der Waals surface area (Å²) in [7, 11) is 0. The van der Waals surface area contributed by atoms with Gasteiger partial charge in [0, 0.05) is 11.1 Å². The second-order valence-corrected chi connectivity index (χ2v) is 6.16. The molecule has 1 atom stereocenters. The zero-order chi connectivity index (χ0) is 15.8. The highest BCUT2D eigenvalue weighted by molar-refractivity contribution is 6.30. The SMILES string of the molecule is CC(C)(C)C(N)c1noc(-c2ccc(Cl)cc2[N+](=O)[O-])n1. The number of nitro benzene ring substituents is 1. The van der Waals surface area contributed by atoms with Crippen LogP contribution in [-0.4, -0.2) is 15.1 Å². The van der Waals surface area contributed by atoms with E-state index < -0.39 is 11.0 Å². The van der Waals surface area contributed by atoms with Crippen molar-refractivity contribution in [3.8, 4) is 11.5 Å². The van der Waals surface area contributed by atoms with Gasteiger partial charge in [0.1, 0.15) is 5.56 Å². The fourth-order valence-electron chi connectivity index (χ4n) is 1.69. The highest BCUT2D eigenvalue weighted by atomic mass is 35.5. The maximum absolute atomic E-state index is 11.1. The lowest BCUT2D eigenvalue weighted by molar-refractivity contribution is -0.384. The summed E-state index contributed by atoms with van der Waals surface area (Å²) >= 11 is 5.77. The first kappa shape index (κ1) is 15.4. The van der Waals surface area contributed by atoms with Crippen LogP contribution in [0.3, 0.4) is 0 Å². The van der Waals surface area contributed by atoms with Crippen molar-refractivity contribution in [2.24, 2.45) is 11.1 Å². The molecule has 0 saturated heterocycles. The van der Waals surface area contributed by atoms with Gasteiger partial charge in [0.15, 0.2) is 5.82 Å². The van der Waals surface area contributed by atoms with Gasteiger partial charge in [0.05, 0.1) is 11.0 Å². The summed E-state index contributed by atoms with van der Waals surface area (Å²) in [6.07, 6.45) is 0. The largest absolute Gasteiger partial charge is 0.334 e. The number of nitrogens with zero attached hydrogens (tertiary/aromatic N) is 3. The fourth-order valence-corrected chi connectivity index (χ4v) is 1.86. The number of hydrogen-bond donors (Lipinski definition) is 1. The summed E-state index contributed by atoms with van der Waals surface area (Å²) in [6.45, 7) is 5.83. The molecule has 0 aliphatic heterocycles. The van der Waals surface area contributed by atoms with Gasteiger partial charge in [-0.15, -0.1) is 0 Å². The van der Waals surface area contributed by atoms with Crippen LogP contribution in [-0.2, 0) is 0 Å². The first-order valence-corrected chi connectivity index (χ1v) is 6.61. The quantitative estimate of drug-likeness (QED) is 0.688. The lowest BCUT2D eigenvalue weighted by Crippen LogP contribution is -2.27. The molecule has 112 valence electrons. The van der Waals surface area contributed by atoms with Crippen LogP contribution in [0.5, 0.6) is 0 Å². The highest BCUT2D eigenvalue weighted by Crippen LogP contribution is 2.33. The van der Waals surface area contributed by atoms with Crippen molar-refractivity contribution in [1.82, 2.24) is 10.1 Å². The molecule has 2 aromatic rings. The molecule has 0 aliphatic rings. The van der Waals surface area contributed by atoms with Crippen molar-refractivity contribution in [3.05, 3.63) is 39.2 Å². The molecule has 0 spiro atoms. The van der Waals surface area contributed by atoms with Gasteiger partial charge in [-0.2, -0.15) is 4.98 Å². The van der Waals surface area contributed by atoms with Gasteiger partial charge < -0.3 is 10.3 Å². The van der Waals surface area contributed by atoms with Crippen LogP contribution < -0.4 is 5.73 Å². The number of hydrogen-bond acceptors (Lipinski definition) is 6. The monoisotopic (exact) mass is 310 g/mol. The van der Waals surface area contributed by atoms with Gasteiger partial charge in [-0.3, -0.25) is 10.1 Å². The predicted octanol–water partition coefficient (Wildman–Crippen LogP) is 3.34. The standard InChI is InChI=1S/C13H15ClN4O3/c1-13(2,3)10(15)11-16-12(21-17-11)8-5-4-7(14)6-9(8)18(19)20/h4-6,10H,15H2,1-3H3. The first-order valence-electron chi connectivity index (χ1n) is 6.23. The molecule has 0 saturated carbocycles. The minimum atomic E-state index is -0.547. The molecule has 1 heterocycles. The van der Waals surface area contributed by atoms with Gasteiger partial charge in [0.25, 0.3) is 11.6 Å². The van der Waals surface area contributed by atoms with Gasteiger partial charge in [-0.1, -0.05) is 37.5 Å². The number of halogens is 1. The smallest absolute Gasteiger partial charge is 0.283 e. The third-order valence-corrected chi connectivity index (χ3v) is 3.27. The van der Waals surface area contributed by atoms with Crippen molar-refractivity contribution in [2.45, 2.75) is 26.8 Å². The minimum Gasteiger partial charge on any atom is -0.334 e. The molecular weight excluding hydrogens is 296 g/mol. The topological polar surface area (TPSA) is 108 Å². The summed E-state index contributed by atoms with van der Waals surface area (Å²) < 4.78 is 5.11. The second-order valence-electron chi connectivity index (χ2n) is 5.72. The van der Waals surface area contributed by atoms with Crippen molar-refractivity contribution in [3.63, 3.8) is 0 Å². The normalized spacial score (nSPS) is 13.2. The molecule has 2 N–H and O–H groups in total. The van der Waals surface area contributed by atoms with Crippen LogP contribution in [0.15, 0.2) is 22.7 Å². The van der Waals surface area contributed by atoms with E-state index in [1.165, 1.54) is 18.2 Å². The van der Waals surface area contributed by atoms with E-state index in [1.54, 1.807) is 0 Å². The molecule has 0 fully saturated rings. The Kier molecular flexibility index (Phi) is 3.97. The summed E-state index contributed by atoms with van der Waals surface area (Å²) in [5, 5.41) is 15.2. The number of nitrogens with two attached hydrogens (primary N) is 1. The highest BCUT2D eigenvalue weighted by Gasteiger charge is 2.28. The summed E-state index contributed by atoms with van der Waals surface area (Å²) in [6, 6.07) is 3.80. The molecule has 1 aromatic heterocycles. The Morgan fingerprint density at radius 2 is 2.10 bits per heavy atom. The van der Waals surface area contributed by atoms with Gasteiger partial charge >= 0.3 is 0 Å². The number of nitro groups is 1. The molecule has 0 aliphatic carbocycles. The molecule has 8 heteroatoms. The Hall–Kier alpha value is -1.99. The van der Waals surface area contributed by atoms with E-state index >= 15 is 0 Å². The maximum Gasteiger partial charge on any atom is 0.283 e. The first-order chi connectivity index (χ1) is 9.70. The molecule has 0 bridgehead atoms. The number of benzene rings is 1. The molecule has 2 rings (SSSR count). The lowest BCUT2D eigenvalue weighted by Gasteiger charge is -2.23. The van der Waals surface area contributed by atoms with Gasteiger partial charge in [-0.25, -0.2) is 0 Å². The predicted molar refractivity (Wildman–Crippen MR) is 77.8 cm³/mol. The molecule has 21 heavy (non-hydrogen) atoms. The van der Waals surface area contributed by atoms with Crippen LogP contribution >= 0.6 is 11.6 Å². The van der Waals surface area contributed by atoms with Crippen molar-refractivity contribution >= 4 is 17.3 Å². The Labute approximate surface area is 126 Å². The zero-order valence-corrected chi connectivity index (χ0v) is 12.6. The second kappa shape index (κ2) is 5.42. The Morgan fingerprint density at radius 3 is 2.67 bits per heavy atom. The molecule has 0 amide bonds. The van der Waals surface area contributed by atoms with E-state index in [0.29, 0.717) is 5.82 Å². The van der Waals surface area contributed by atoms with Crippen molar-refractivity contribution < 1.29 is 9.45 Å². The molecular formula is C13H15ClN4O3. The molecule has 0 radical (unpaired) electrons. The summed E-state index contributed by atoms with van der Waals surface area (Å²) in [5.74, 6) is 0.356. The number of aromatic nitrogens is 2. The van der Waals surface area contributed by atoms with E-state index in [0.717, 1.165) is 0 Å². The average Bonchev–Trinajstić information content (AvgIpc) is 2.85. The Bertz CT molecular complexity index is 678. The Balaban J connectivity index is 2.45. The molecule has 7 nitrogen and oxygen atoms in total. The van der Waals surface area contributed by atoms with Crippen LogP contribution in [0.25, 0.3) is 11.5 Å². The van der Waals surface area contributed by atoms with Crippen molar-refractivity contribution in [2.75, 3.05) is 0 Å². The third kappa shape index (κ3) is 3.20. The van der Waals surface area contributed by atoms with Crippen molar-refractivity contribution in [1.29, 1.82) is 0 Å². The third-order valence-electron chi connectivity index (χ3n) is 3.04. The number of rotatable bonds is 3. The zero-order valence-electron chi connectivity index (χ0n) is 11.8. The Morgan fingerprint density at radius 1 is 1.43 bits per heavy atom. The van der Waals surface area contributed by atoms with E-state index in [9.17, 15) is 10.1 Å². The van der Waals surface area contributed by atoms with E-state index in [1.807, 2.05) is 20.8 Å².